The summed E-state index contributed by atoms with van der Waals surface area (Å²) in [4.78, 5) is 44.8. The van der Waals surface area contributed by atoms with E-state index >= 15 is 0 Å². The Morgan fingerprint density at radius 1 is 1.30 bits per heavy atom. The van der Waals surface area contributed by atoms with Gasteiger partial charge in [-0.25, -0.2) is 18.7 Å². The maximum atomic E-state index is 14.7. The maximum Gasteiger partial charge on any atom is 0.325 e. The zero-order valence-corrected chi connectivity index (χ0v) is 16.8. The number of H-pyrrole nitrogens is 3. The first kappa shape index (κ1) is 21.7. The van der Waals surface area contributed by atoms with Crippen molar-refractivity contribution in [3.05, 3.63) is 61.2 Å². The van der Waals surface area contributed by atoms with Crippen LogP contribution in [0.1, 0.15) is 5.56 Å². The zero-order valence-electron chi connectivity index (χ0n) is 16.8. The largest absolute Gasteiger partial charge is 0.477 e. The molecule has 0 bridgehead atoms. The van der Waals surface area contributed by atoms with E-state index in [0.717, 1.165) is 6.20 Å². The molecule has 33 heavy (non-hydrogen) atoms. The topological polar surface area (TPSA) is 187 Å². The van der Waals surface area contributed by atoms with Crippen molar-refractivity contribution >= 4 is 11.5 Å². The lowest BCUT2D eigenvalue weighted by Crippen LogP contribution is -2.32. The van der Waals surface area contributed by atoms with Crippen LogP contribution in [0.4, 0.5) is 20.3 Å². The van der Waals surface area contributed by atoms with Gasteiger partial charge in [0.05, 0.1) is 29.3 Å². The molecule has 12 nitrogen and oxygen atoms in total. The number of nitrogens with zero attached hydrogens (tertiary/aromatic N) is 4. The van der Waals surface area contributed by atoms with Crippen molar-refractivity contribution in [1.29, 1.82) is 5.26 Å². The van der Waals surface area contributed by atoms with Gasteiger partial charge in [0.2, 0.25) is 5.88 Å². The number of rotatable bonds is 5. The van der Waals surface area contributed by atoms with Crippen LogP contribution in [-0.2, 0) is 0 Å². The average molecular weight is 458 g/mol. The monoisotopic (exact) mass is 458 g/mol. The molecule has 0 saturated carbocycles. The van der Waals surface area contributed by atoms with Crippen LogP contribution in [0.3, 0.4) is 0 Å². The lowest BCUT2D eigenvalue weighted by Gasteiger charge is -2.17. The molecular formula is C19H16F2N8O4. The minimum absolute atomic E-state index is 0.0117. The predicted molar refractivity (Wildman–Crippen MR) is 111 cm³/mol. The molecule has 0 amide bonds. The van der Waals surface area contributed by atoms with Gasteiger partial charge in [0.1, 0.15) is 24.2 Å². The fourth-order valence-corrected chi connectivity index (χ4v) is 3.39. The van der Waals surface area contributed by atoms with Crippen LogP contribution >= 0.6 is 0 Å². The number of aromatic amines is 3. The molecule has 0 aliphatic carbocycles. The van der Waals surface area contributed by atoms with Crippen molar-refractivity contribution in [2.24, 2.45) is 5.92 Å². The number of nitrogens with one attached hydrogen (secondary N) is 3. The first-order valence-corrected chi connectivity index (χ1v) is 9.52. The van der Waals surface area contributed by atoms with Gasteiger partial charge in [0.25, 0.3) is 17.0 Å². The minimum Gasteiger partial charge on any atom is -0.477 e. The Labute approximate surface area is 182 Å². The second-order valence-electron chi connectivity index (χ2n) is 7.30. The van der Waals surface area contributed by atoms with Gasteiger partial charge in [-0.3, -0.25) is 14.6 Å². The second kappa shape index (κ2) is 8.19. The summed E-state index contributed by atoms with van der Waals surface area (Å²) in [5.41, 5.74) is 3.35. The van der Waals surface area contributed by atoms with E-state index in [1.807, 2.05) is 11.1 Å². The van der Waals surface area contributed by atoms with Crippen LogP contribution < -0.4 is 32.2 Å². The summed E-state index contributed by atoms with van der Waals surface area (Å²) in [6, 6.07) is 5.75. The number of nitrogen functional groups attached to an aromatic ring is 1. The van der Waals surface area contributed by atoms with Crippen molar-refractivity contribution in [3.63, 3.8) is 0 Å². The normalized spacial score (nSPS) is 17.0. The SMILES string of the molecule is N#Cc1ccc(OCC2CN(c3cc(-c4c[nH]c(=O)[nH]c4=O)n[nH]c3=O)CC2(F)F)nc1N. The molecule has 3 aromatic rings. The van der Waals surface area contributed by atoms with Crippen LogP contribution in [0.15, 0.2) is 38.8 Å². The highest BCUT2D eigenvalue weighted by Crippen LogP contribution is 2.35. The number of anilines is 2. The molecule has 5 N–H and O–H groups in total. The molecule has 1 fully saturated rings. The van der Waals surface area contributed by atoms with Gasteiger partial charge in [-0.2, -0.15) is 15.3 Å². The number of nitrogens with two attached hydrogens (primary N) is 1. The van der Waals surface area contributed by atoms with Gasteiger partial charge in [-0.15, -0.1) is 0 Å². The minimum atomic E-state index is -3.20. The third-order valence-electron chi connectivity index (χ3n) is 5.11. The number of aromatic nitrogens is 5. The van der Waals surface area contributed by atoms with E-state index in [9.17, 15) is 23.2 Å². The van der Waals surface area contributed by atoms with Gasteiger partial charge in [0.15, 0.2) is 0 Å². The van der Waals surface area contributed by atoms with E-state index in [0.29, 0.717) is 0 Å². The lowest BCUT2D eigenvalue weighted by molar-refractivity contribution is -0.0359. The summed E-state index contributed by atoms with van der Waals surface area (Å²) in [7, 11) is 0. The van der Waals surface area contributed by atoms with E-state index in [1.54, 1.807) is 0 Å². The van der Waals surface area contributed by atoms with Crippen LogP contribution in [-0.4, -0.2) is 50.8 Å². The molecule has 1 atom stereocenters. The zero-order chi connectivity index (χ0) is 23.8. The summed E-state index contributed by atoms with van der Waals surface area (Å²) < 4.78 is 34.7. The predicted octanol–water partition coefficient (Wildman–Crippen LogP) is -0.187. The number of halogens is 2. The molecule has 4 heterocycles. The summed E-state index contributed by atoms with van der Waals surface area (Å²) in [5.74, 6) is -4.59. The second-order valence-corrected chi connectivity index (χ2v) is 7.30. The smallest absolute Gasteiger partial charge is 0.325 e. The third kappa shape index (κ3) is 4.28. The summed E-state index contributed by atoms with van der Waals surface area (Å²) in [5, 5.41) is 14.8. The molecule has 4 rings (SSSR count). The van der Waals surface area contributed by atoms with Gasteiger partial charge < -0.3 is 20.4 Å². The highest BCUT2D eigenvalue weighted by Gasteiger charge is 2.49. The Bertz CT molecular complexity index is 1420. The van der Waals surface area contributed by atoms with E-state index in [2.05, 4.69) is 20.2 Å². The summed E-state index contributed by atoms with van der Waals surface area (Å²) in [6.07, 6.45) is 1.11. The fourth-order valence-electron chi connectivity index (χ4n) is 3.39. The van der Waals surface area contributed by atoms with E-state index in [-0.39, 0.29) is 40.8 Å². The van der Waals surface area contributed by atoms with E-state index in [4.69, 9.17) is 15.7 Å². The van der Waals surface area contributed by atoms with Gasteiger partial charge >= 0.3 is 5.69 Å². The van der Waals surface area contributed by atoms with Gasteiger partial charge in [-0.05, 0) is 12.1 Å². The van der Waals surface area contributed by atoms with Crippen LogP contribution in [0, 0.1) is 17.2 Å². The van der Waals surface area contributed by atoms with E-state index < -0.39 is 41.8 Å². The third-order valence-corrected chi connectivity index (χ3v) is 5.11. The molecule has 0 radical (unpaired) electrons. The Morgan fingerprint density at radius 3 is 2.79 bits per heavy atom. The van der Waals surface area contributed by atoms with Crippen molar-refractivity contribution in [1.82, 2.24) is 25.1 Å². The van der Waals surface area contributed by atoms with E-state index in [1.165, 1.54) is 23.1 Å². The summed E-state index contributed by atoms with van der Waals surface area (Å²) in [6.45, 7) is -1.41. The van der Waals surface area contributed by atoms with Crippen molar-refractivity contribution in [2.45, 2.75) is 5.92 Å². The number of hydrogen-bond acceptors (Lipinski definition) is 9. The number of alkyl halides is 2. The average Bonchev–Trinajstić information content (AvgIpc) is 3.07. The molecule has 14 heteroatoms. The molecule has 3 aromatic heterocycles. The molecule has 1 aliphatic heterocycles. The van der Waals surface area contributed by atoms with Crippen LogP contribution in [0.2, 0.25) is 0 Å². The molecule has 170 valence electrons. The first-order valence-electron chi connectivity index (χ1n) is 9.52. The Kier molecular flexibility index (Phi) is 5.38. The number of hydrogen-bond donors (Lipinski definition) is 4. The standard InChI is InChI=1S/C19H16F2N8O4/c20-19(21)8-29(6-10(19)7-33-14-2-1-9(4-22)15(23)25-14)13-3-12(27-28-17(13)31)11-5-24-18(32)26-16(11)30/h1-3,5,10H,6-8H2,(H2,23,25)(H,28,31)(H2,24,26,30,32). The number of ether oxygens (including phenoxy) is 1. The highest BCUT2D eigenvalue weighted by atomic mass is 19.3. The first-order chi connectivity index (χ1) is 15.7. The van der Waals surface area contributed by atoms with Crippen molar-refractivity contribution < 1.29 is 13.5 Å². The van der Waals surface area contributed by atoms with Crippen molar-refractivity contribution in [2.75, 3.05) is 30.3 Å². The van der Waals surface area contributed by atoms with Crippen molar-refractivity contribution in [3.8, 4) is 23.2 Å². The number of pyridine rings is 1. The Balaban J connectivity index is 1.55. The molecule has 1 unspecified atom stereocenters. The Hall–Kier alpha value is -4.54. The molecule has 0 aromatic carbocycles. The quantitative estimate of drug-likeness (QED) is 0.402. The maximum absolute atomic E-state index is 14.7. The van der Waals surface area contributed by atoms with Gasteiger partial charge in [0, 0.05) is 18.8 Å². The Morgan fingerprint density at radius 2 is 2.09 bits per heavy atom. The fraction of sp³-hybridized carbons (Fsp3) is 0.263. The highest BCUT2D eigenvalue weighted by molar-refractivity contribution is 5.62. The molecule has 0 spiro atoms. The van der Waals surface area contributed by atoms with Crippen LogP contribution in [0.25, 0.3) is 11.3 Å². The van der Waals surface area contributed by atoms with Crippen LogP contribution in [0.5, 0.6) is 5.88 Å². The molecule has 1 saturated heterocycles. The van der Waals surface area contributed by atoms with Gasteiger partial charge in [-0.1, -0.05) is 0 Å². The number of nitriles is 1. The lowest BCUT2D eigenvalue weighted by atomic mass is 10.1. The molecular weight excluding hydrogens is 442 g/mol. The summed E-state index contributed by atoms with van der Waals surface area (Å²) >= 11 is 0. The molecule has 1 aliphatic rings.